The summed E-state index contributed by atoms with van der Waals surface area (Å²) in [6.07, 6.45) is 1.67. The molecule has 0 radical (unpaired) electrons. The van der Waals surface area contributed by atoms with Crippen LogP contribution in [0.25, 0.3) is 28.2 Å². The number of hydrogen-bond acceptors (Lipinski definition) is 5. The molecule has 0 bridgehead atoms. The molecule has 166 valence electrons. The van der Waals surface area contributed by atoms with E-state index < -0.39 is 0 Å². The number of H-pyrrole nitrogens is 1. The van der Waals surface area contributed by atoms with Crippen LogP contribution in [0, 0.1) is 6.92 Å². The van der Waals surface area contributed by atoms with E-state index in [9.17, 15) is 4.79 Å². The molecular formula is C27H22N6O. The third-order valence-electron chi connectivity index (χ3n) is 5.24. The van der Waals surface area contributed by atoms with Crippen molar-refractivity contribution in [3.63, 3.8) is 0 Å². The Morgan fingerprint density at radius 1 is 0.882 bits per heavy atom. The van der Waals surface area contributed by atoms with Crippen LogP contribution in [0.3, 0.4) is 0 Å². The van der Waals surface area contributed by atoms with Gasteiger partial charge in [-0.3, -0.25) is 9.78 Å². The number of aromatic nitrogens is 4. The Hall–Kier alpha value is -4.78. The highest BCUT2D eigenvalue weighted by atomic mass is 16.1. The van der Waals surface area contributed by atoms with Crippen LogP contribution in [-0.4, -0.2) is 26.0 Å². The largest absolute Gasteiger partial charge is 0.291 e. The molecule has 0 aliphatic rings. The zero-order valence-electron chi connectivity index (χ0n) is 18.5. The molecular weight excluding hydrogens is 424 g/mol. The fourth-order valence-corrected chi connectivity index (χ4v) is 3.64. The summed E-state index contributed by atoms with van der Waals surface area (Å²) in [5, 5.41) is 9.08. The van der Waals surface area contributed by atoms with Gasteiger partial charge in [-0.25, -0.2) is 15.1 Å². The van der Waals surface area contributed by atoms with Crippen molar-refractivity contribution in [2.45, 2.75) is 6.92 Å². The van der Waals surface area contributed by atoms with E-state index in [0.717, 1.165) is 33.8 Å². The maximum absolute atomic E-state index is 11.5. The number of aryl methyl sites for hydroxylation is 1. The van der Waals surface area contributed by atoms with Gasteiger partial charge in [-0.15, -0.1) is 0 Å². The minimum atomic E-state index is -0.224. The maximum atomic E-state index is 11.5. The lowest BCUT2D eigenvalue weighted by atomic mass is 10.1. The number of hydrogen-bond donors (Lipinski definition) is 2. The van der Waals surface area contributed by atoms with E-state index in [1.807, 2.05) is 65.3 Å². The van der Waals surface area contributed by atoms with Gasteiger partial charge in [0.2, 0.25) is 5.95 Å². The van der Waals surface area contributed by atoms with Crippen molar-refractivity contribution in [2.75, 3.05) is 5.43 Å². The van der Waals surface area contributed by atoms with Crippen LogP contribution < -0.4 is 11.0 Å². The summed E-state index contributed by atoms with van der Waals surface area (Å²) >= 11 is 0. The molecule has 2 N–H and O–H groups in total. The number of hydrazone groups is 1. The average Bonchev–Trinajstić information content (AvgIpc) is 3.31. The van der Waals surface area contributed by atoms with Crippen LogP contribution in [0.4, 0.5) is 5.95 Å². The molecule has 7 nitrogen and oxygen atoms in total. The zero-order valence-corrected chi connectivity index (χ0v) is 18.5. The van der Waals surface area contributed by atoms with Crippen molar-refractivity contribution in [3.8, 4) is 28.2 Å². The first-order valence-electron chi connectivity index (χ1n) is 10.8. The summed E-state index contributed by atoms with van der Waals surface area (Å²) < 4.78 is 1.96. The molecule has 2 heterocycles. The summed E-state index contributed by atoms with van der Waals surface area (Å²) in [5.41, 5.74) is 9.06. The highest BCUT2D eigenvalue weighted by Gasteiger charge is 2.13. The molecule has 0 fully saturated rings. The Kier molecular flexibility index (Phi) is 5.82. The Balaban J connectivity index is 1.43. The topological polar surface area (TPSA) is 88.0 Å². The van der Waals surface area contributed by atoms with E-state index in [1.165, 1.54) is 6.07 Å². The van der Waals surface area contributed by atoms with Gasteiger partial charge in [0.15, 0.2) is 0 Å². The Labute approximate surface area is 196 Å². The first kappa shape index (κ1) is 21.1. The summed E-state index contributed by atoms with van der Waals surface area (Å²) in [5.74, 6) is 0.301. The number of anilines is 1. The fraction of sp³-hybridized carbons (Fsp3) is 0.0370. The highest BCUT2D eigenvalue weighted by molar-refractivity contribution is 5.80. The van der Waals surface area contributed by atoms with Gasteiger partial charge in [0.25, 0.3) is 5.56 Å². The molecule has 2 aromatic heterocycles. The summed E-state index contributed by atoms with van der Waals surface area (Å²) in [7, 11) is 0. The van der Waals surface area contributed by atoms with Gasteiger partial charge in [-0.2, -0.15) is 10.2 Å². The van der Waals surface area contributed by atoms with Crippen molar-refractivity contribution >= 4 is 12.2 Å². The lowest BCUT2D eigenvalue weighted by Gasteiger charge is -2.08. The van der Waals surface area contributed by atoms with Crippen LogP contribution >= 0.6 is 0 Å². The fourth-order valence-electron chi connectivity index (χ4n) is 3.64. The molecule has 0 atom stereocenters. The van der Waals surface area contributed by atoms with E-state index in [1.54, 1.807) is 13.1 Å². The molecule has 34 heavy (non-hydrogen) atoms. The van der Waals surface area contributed by atoms with Gasteiger partial charge in [0.05, 0.1) is 23.3 Å². The van der Waals surface area contributed by atoms with Crippen LogP contribution in [0.1, 0.15) is 11.3 Å². The van der Waals surface area contributed by atoms with E-state index in [4.69, 9.17) is 5.10 Å². The zero-order chi connectivity index (χ0) is 23.3. The molecule has 5 rings (SSSR count). The van der Waals surface area contributed by atoms with Crippen molar-refractivity contribution in [1.29, 1.82) is 0 Å². The number of benzene rings is 3. The smallest absolute Gasteiger partial charge is 0.252 e. The second-order valence-corrected chi connectivity index (χ2v) is 7.76. The second-order valence-electron chi connectivity index (χ2n) is 7.76. The Bertz CT molecular complexity index is 1490. The van der Waals surface area contributed by atoms with Crippen molar-refractivity contribution < 1.29 is 0 Å². The summed E-state index contributed by atoms with van der Waals surface area (Å²) in [6.45, 7) is 1.76. The number of aromatic amines is 1. The maximum Gasteiger partial charge on any atom is 0.252 e. The van der Waals surface area contributed by atoms with E-state index in [-0.39, 0.29) is 5.56 Å². The summed E-state index contributed by atoms with van der Waals surface area (Å²) in [6, 6.07) is 31.8. The minimum absolute atomic E-state index is 0.224. The number of nitrogens with one attached hydrogen (secondary N) is 2. The minimum Gasteiger partial charge on any atom is -0.291 e. The predicted molar refractivity (Wildman–Crippen MR) is 135 cm³/mol. The Morgan fingerprint density at radius 2 is 1.56 bits per heavy atom. The normalized spacial score (nSPS) is 11.1. The lowest BCUT2D eigenvalue weighted by molar-refractivity contribution is 0.892. The number of nitrogens with zero attached hydrogens (tertiary/aromatic N) is 4. The van der Waals surface area contributed by atoms with Crippen LogP contribution in [0.15, 0.2) is 107 Å². The molecule has 0 saturated carbocycles. The monoisotopic (exact) mass is 446 g/mol. The molecule has 3 aromatic carbocycles. The van der Waals surface area contributed by atoms with Crippen molar-refractivity contribution in [1.82, 2.24) is 19.7 Å². The molecule has 7 heteroatoms. The van der Waals surface area contributed by atoms with Gasteiger partial charge < -0.3 is 0 Å². The molecule has 0 saturated heterocycles. The lowest BCUT2D eigenvalue weighted by Crippen LogP contribution is -2.10. The van der Waals surface area contributed by atoms with E-state index >= 15 is 0 Å². The predicted octanol–water partition coefficient (Wildman–Crippen LogP) is 5.04. The average molecular weight is 447 g/mol. The summed E-state index contributed by atoms with van der Waals surface area (Å²) in [4.78, 5) is 18.3. The third kappa shape index (κ3) is 4.68. The van der Waals surface area contributed by atoms with Crippen molar-refractivity contribution in [2.24, 2.45) is 5.10 Å². The van der Waals surface area contributed by atoms with Gasteiger partial charge in [0, 0.05) is 22.9 Å². The Morgan fingerprint density at radius 3 is 2.24 bits per heavy atom. The van der Waals surface area contributed by atoms with Gasteiger partial charge in [-0.05, 0) is 30.7 Å². The second kappa shape index (κ2) is 9.38. The van der Waals surface area contributed by atoms with Gasteiger partial charge in [-0.1, -0.05) is 72.8 Å². The molecule has 5 aromatic rings. The van der Waals surface area contributed by atoms with Gasteiger partial charge in [0.1, 0.15) is 0 Å². The number of rotatable bonds is 6. The molecule has 0 spiro atoms. The standard InChI is InChI=1S/C27H22N6O/c1-19-16-26(34)30-27(29-19)31-28-18-20-12-14-23(15-13-20)33-25(22-10-6-3-7-11-22)17-24(32-33)21-8-4-2-5-9-21/h2-18H,1H3,(H2,29,30,31,34)/b28-18+. The highest BCUT2D eigenvalue weighted by Crippen LogP contribution is 2.28. The first-order chi connectivity index (χ1) is 16.7. The van der Waals surface area contributed by atoms with Crippen molar-refractivity contribution in [3.05, 3.63) is 119 Å². The first-order valence-corrected chi connectivity index (χ1v) is 10.8. The van der Waals surface area contributed by atoms with Crippen LogP contribution in [0.2, 0.25) is 0 Å². The van der Waals surface area contributed by atoms with E-state index in [2.05, 4.69) is 50.8 Å². The van der Waals surface area contributed by atoms with Crippen LogP contribution in [0.5, 0.6) is 0 Å². The SMILES string of the molecule is Cc1cc(=O)[nH]c(N/N=C/c2ccc(-n3nc(-c4ccccc4)cc3-c3ccccc3)cc2)n1. The molecule has 0 unspecified atom stereocenters. The van der Waals surface area contributed by atoms with E-state index in [0.29, 0.717) is 11.6 Å². The molecule has 0 amide bonds. The molecule has 0 aliphatic heterocycles. The molecule has 0 aliphatic carbocycles. The quantitative estimate of drug-likeness (QED) is 0.282. The van der Waals surface area contributed by atoms with Gasteiger partial charge >= 0.3 is 0 Å². The van der Waals surface area contributed by atoms with Crippen LogP contribution in [-0.2, 0) is 0 Å². The third-order valence-corrected chi connectivity index (χ3v) is 5.24.